The smallest absolute Gasteiger partial charge is 0.244 e. The standard InChI is InChI=1S/C20H26N6O2/c27-19(16-26-10-8-21-22-26)24-13-11-23(12-14-24)18-7-4-9-25(20(18)28)15-17-5-2-1-3-6-17/h1-3,5-6,8,10,18H,4,7,9,11-16H2. The monoisotopic (exact) mass is 382 g/mol. The molecule has 2 aromatic rings. The van der Waals surface area contributed by atoms with Gasteiger partial charge in [0, 0.05) is 45.5 Å². The minimum Gasteiger partial charge on any atom is -0.339 e. The van der Waals surface area contributed by atoms with Gasteiger partial charge >= 0.3 is 0 Å². The number of hydrogen-bond donors (Lipinski definition) is 0. The van der Waals surface area contributed by atoms with E-state index in [0.29, 0.717) is 19.6 Å². The highest BCUT2D eigenvalue weighted by Crippen LogP contribution is 2.21. The predicted molar refractivity (Wildman–Crippen MR) is 103 cm³/mol. The second-order valence-electron chi connectivity index (χ2n) is 7.42. The highest BCUT2D eigenvalue weighted by Gasteiger charge is 2.35. The van der Waals surface area contributed by atoms with Gasteiger partial charge < -0.3 is 9.80 Å². The minimum atomic E-state index is -0.0648. The van der Waals surface area contributed by atoms with Crippen molar-refractivity contribution >= 4 is 11.8 Å². The zero-order valence-corrected chi connectivity index (χ0v) is 16.0. The summed E-state index contributed by atoms with van der Waals surface area (Å²) in [5.74, 6) is 0.267. The molecular formula is C20H26N6O2. The van der Waals surface area contributed by atoms with Gasteiger partial charge in [-0.1, -0.05) is 35.5 Å². The van der Waals surface area contributed by atoms with Gasteiger partial charge in [0.25, 0.3) is 0 Å². The van der Waals surface area contributed by atoms with Gasteiger partial charge in [0.15, 0.2) is 0 Å². The second-order valence-corrected chi connectivity index (χ2v) is 7.42. The molecule has 0 saturated carbocycles. The Morgan fingerprint density at radius 1 is 1.07 bits per heavy atom. The number of benzene rings is 1. The van der Waals surface area contributed by atoms with Crippen molar-refractivity contribution in [2.45, 2.75) is 32.0 Å². The zero-order chi connectivity index (χ0) is 19.3. The highest BCUT2D eigenvalue weighted by atomic mass is 16.2. The fourth-order valence-corrected chi connectivity index (χ4v) is 4.06. The summed E-state index contributed by atoms with van der Waals surface area (Å²) in [6.07, 6.45) is 5.18. The molecule has 28 heavy (non-hydrogen) atoms. The van der Waals surface area contributed by atoms with Crippen LogP contribution in [0.3, 0.4) is 0 Å². The van der Waals surface area contributed by atoms with Crippen LogP contribution in [0.25, 0.3) is 0 Å². The molecule has 1 aromatic carbocycles. The maximum Gasteiger partial charge on any atom is 0.244 e. The van der Waals surface area contributed by atoms with Gasteiger partial charge in [0.2, 0.25) is 11.8 Å². The van der Waals surface area contributed by atoms with Gasteiger partial charge in [-0.3, -0.25) is 14.5 Å². The summed E-state index contributed by atoms with van der Waals surface area (Å²) < 4.78 is 1.54. The minimum absolute atomic E-state index is 0.0471. The Labute approximate surface area is 164 Å². The fourth-order valence-electron chi connectivity index (χ4n) is 4.06. The Bertz CT molecular complexity index is 786. The normalized spacial score (nSPS) is 21.1. The Morgan fingerprint density at radius 3 is 2.57 bits per heavy atom. The lowest BCUT2D eigenvalue weighted by molar-refractivity contribution is -0.143. The van der Waals surface area contributed by atoms with Crippen molar-refractivity contribution in [3.8, 4) is 0 Å². The van der Waals surface area contributed by atoms with Crippen LogP contribution in [0, 0.1) is 0 Å². The molecule has 2 fully saturated rings. The van der Waals surface area contributed by atoms with E-state index in [-0.39, 0.29) is 24.4 Å². The molecule has 0 N–H and O–H groups in total. The average Bonchev–Trinajstić information content (AvgIpc) is 3.24. The number of carbonyl (C=O) groups excluding carboxylic acids is 2. The van der Waals surface area contributed by atoms with Crippen molar-refractivity contribution in [3.05, 3.63) is 48.3 Å². The molecule has 8 heteroatoms. The van der Waals surface area contributed by atoms with E-state index in [9.17, 15) is 9.59 Å². The third kappa shape index (κ3) is 4.22. The summed E-state index contributed by atoms with van der Waals surface area (Å²) in [7, 11) is 0. The Morgan fingerprint density at radius 2 is 1.86 bits per heavy atom. The van der Waals surface area contributed by atoms with Crippen molar-refractivity contribution in [2.75, 3.05) is 32.7 Å². The van der Waals surface area contributed by atoms with Gasteiger partial charge in [-0.2, -0.15) is 0 Å². The number of hydrogen-bond acceptors (Lipinski definition) is 5. The number of aromatic nitrogens is 3. The fraction of sp³-hybridized carbons (Fsp3) is 0.500. The first-order chi connectivity index (χ1) is 13.7. The molecule has 0 radical (unpaired) electrons. The van der Waals surface area contributed by atoms with Crippen LogP contribution in [0.15, 0.2) is 42.7 Å². The number of carbonyl (C=O) groups is 2. The van der Waals surface area contributed by atoms with E-state index in [2.05, 4.69) is 27.3 Å². The molecule has 8 nitrogen and oxygen atoms in total. The molecule has 2 aliphatic heterocycles. The van der Waals surface area contributed by atoms with Crippen LogP contribution in [-0.4, -0.2) is 80.3 Å². The van der Waals surface area contributed by atoms with Crippen molar-refractivity contribution in [1.29, 1.82) is 0 Å². The van der Waals surface area contributed by atoms with E-state index < -0.39 is 0 Å². The summed E-state index contributed by atoms with van der Waals surface area (Å²) in [6.45, 7) is 4.48. The second kappa shape index (κ2) is 8.52. The van der Waals surface area contributed by atoms with E-state index >= 15 is 0 Å². The maximum absolute atomic E-state index is 13.0. The molecular weight excluding hydrogens is 356 g/mol. The summed E-state index contributed by atoms with van der Waals surface area (Å²) in [4.78, 5) is 31.5. The number of piperidine rings is 1. The Hall–Kier alpha value is -2.74. The maximum atomic E-state index is 13.0. The quantitative estimate of drug-likeness (QED) is 0.758. The van der Waals surface area contributed by atoms with Crippen LogP contribution in [0.4, 0.5) is 0 Å². The number of piperazine rings is 1. The average molecular weight is 382 g/mol. The van der Waals surface area contributed by atoms with Crippen LogP contribution in [0.2, 0.25) is 0 Å². The molecule has 2 saturated heterocycles. The molecule has 4 rings (SSSR count). The van der Waals surface area contributed by atoms with Crippen molar-refractivity contribution < 1.29 is 9.59 Å². The van der Waals surface area contributed by atoms with E-state index in [1.165, 1.54) is 5.56 Å². The topological polar surface area (TPSA) is 74.6 Å². The van der Waals surface area contributed by atoms with Gasteiger partial charge in [0.1, 0.15) is 6.54 Å². The lowest BCUT2D eigenvalue weighted by Gasteiger charge is -2.42. The molecule has 1 atom stereocenters. The van der Waals surface area contributed by atoms with E-state index in [0.717, 1.165) is 32.5 Å². The van der Waals surface area contributed by atoms with Gasteiger partial charge in [-0.05, 0) is 18.4 Å². The first-order valence-corrected chi connectivity index (χ1v) is 9.89. The van der Waals surface area contributed by atoms with Crippen molar-refractivity contribution in [3.63, 3.8) is 0 Å². The van der Waals surface area contributed by atoms with Crippen LogP contribution in [0.5, 0.6) is 0 Å². The number of amides is 2. The van der Waals surface area contributed by atoms with Gasteiger partial charge in [-0.15, -0.1) is 5.10 Å². The zero-order valence-electron chi connectivity index (χ0n) is 16.0. The molecule has 148 valence electrons. The molecule has 0 aliphatic carbocycles. The largest absolute Gasteiger partial charge is 0.339 e. The van der Waals surface area contributed by atoms with Crippen LogP contribution in [-0.2, 0) is 22.7 Å². The summed E-state index contributed by atoms with van der Waals surface area (Å²) >= 11 is 0. The summed E-state index contributed by atoms with van der Waals surface area (Å²) in [6, 6.07) is 10.1. The molecule has 2 aliphatic rings. The third-order valence-corrected chi connectivity index (χ3v) is 5.60. The lowest BCUT2D eigenvalue weighted by atomic mass is 10.0. The van der Waals surface area contributed by atoms with Crippen LogP contribution < -0.4 is 0 Å². The number of likely N-dealkylation sites (tertiary alicyclic amines) is 1. The molecule has 1 unspecified atom stereocenters. The first-order valence-electron chi connectivity index (χ1n) is 9.89. The molecule has 0 spiro atoms. The third-order valence-electron chi connectivity index (χ3n) is 5.60. The summed E-state index contributed by atoms with van der Waals surface area (Å²) in [5.41, 5.74) is 1.17. The molecule has 2 amide bonds. The molecule has 0 bridgehead atoms. The van der Waals surface area contributed by atoms with E-state index in [1.54, 1.807) is 17.1 Å². The number of rotatable bonds is 5. The SMILES string of the molecule is O=C(Cn1ccnn1)N1CCN(C2CCCN(Cc3ccccc3)C2=O)CC1. The van der Waals surface area contributed by atoms with Crippen molar-refractivity contribution in [2.24, 2.45) is 0 Å². The number of nitrogens with zero attached hydrogens (tertiary/aromatic N) is 6. The van der Waals surface area contributed by atoms with Crippen LogP contribution >= 0.6 is 0 Å². The van der Waals surface area contributed by atoms with E-state index in [4.69, 9.17) is 0 Å². The van der Waals surface area contributed by atoms with Gasteiger partial charge in [0.05, 0.1) is 12.2 Å². The van der Waals surface area contributed by atoms with Crippen molar-refractivity contribution in [1.82, 2.24) is 29.7 Å². The Balaban J connectivity index is 1.31. The highest BCUT2D eigenvalue weighted by molar-refractivity contribution is 5.82. The summed E-state index contributed by atoms with van der Waals surface area (Å²) in [5, 5.41) is 7.58. The first kappa shape index (κ1) is 18.6. The Kier molecular flexibility index (Phi) is 5.66. The lowest BCUT2D eigenvalue weighted by Crippen LogP contribution is -2.58. The predicted octanol–water partition coefficient (Wildman–Crippen LogP) is 0.614. The molecule has 1 aromatic heterocycles. The molecule has 3 heterocycles. The van der Waals surface area contributed by atoms with Gasteiger partial charge in [-0.25, -0.2) is 4.68 Å². The van der Waals surface area contributed by atoms with Crippen LogP contribution in [0.1, 0.15) is 18.4 Å². The van der Waals surface area contributed by atoms with E-state index in [1.807, 2.05) is 28.0 Å².